The van der Waals surface area contributed by atoms with Gasteiger partial charge in [-0.1, -0.05) is 35.4 Å². The fraction of sp³-hybridized carbons (Fsp3) is 0.154. The smallest absolute Gasteiger partial charge is 1.00 e. The molecule has 2 rings (SSSR count). The molecule has 0 spiro atoms. The summed E-state index contributed by atoms with van der Waals surface area (Å²) >= 11 is 0. The van der Waals surface area contributed by atoms with Gasteiger partial charge in [-0.3, -0.25) is 0 Å². The maximum Gasteiger partial charge on any atom is 4.00 e. The maximum atomic E-state index is 2.24. The fourth-order valence-corrected chi connectivity index (χ4v) is 1.59. The van der Waals surface area contributed by atoms with Crippen LogP contribution in [0.4, 0.5) is 0 Å². The van der Waals surface area contributed by atoms with Gasteiger partial charge in [0.1, 0.15) is 0 Å². The van der Waals surface area contributed by atoms with E-state index in [4.69, 9.17) is 0 Å². The first-order chi connectivity index (χ1) is 6.34. The van der Waals surface area contributed by atoms with Crippen molar-refractivity contribution >= 4 is 0 Å². The van der Waals surface area contributed by atoms with Crippen LogP contribution in [-0.2, 0) is 28.1 Å². The molecule has 17 heavy (non-hydrogen) atoms. The van der Waals surface area contributed by atoms with Crippen LogP contribution in [0.25, 0.3) is 0 Å². The second-order valence-electron chi connectivity index (χ2n) is 3.46. The number of halogens is 3. The Kier molecular flexibility index (Phi) is 14.8. The molecule has 0 aliphatic rings. The van der Waals surface area contributed by atoms with E-state index in [1.54, 1.807) is 0 Å². The van der Waals surface area contributed by atoms with Gasteiger partial charge in [0.25, 0.3) is 0 Å². The van der Waals surface area contributed by atoms with Gasteiger partial charge in [0.15, 0.2) is 0 Å². The number of benzene rings is 1. The Labute approximate surface area is 137 Å². The summed E-state index contributed by atoms with van der Waals surface area (Å²) in [5, 5.41) is 0. The fourth-order valence-electron chi connectivity index (χ4n) is 1.59. The monoisotopic (exact) mass is 322 g/mol. The van der Waals surface area contributed by atoms with Crippen molar-refractivity contribution in [3.05, 3.63) is 65.2 Å². The first kappa shape index (κ1) is 22.3. The molecule has 0 radical (unpaired) electrons. The number of hydrogen-bond acceptors (Lipinski definition) is 0. The van der Waals surface area contributed by atoms with Crippen LogP contribution in [0.3, 0.4) is 0 Å². The van der Waals surface area contributed by atoms with E-state index in [0.29, 0.717) is 0 Å². The average Bonchev–Trinajstić information content (AvgIpc) is 2.57. The molecule has 0 unspecified atom stereocenters. The molecule has 0 aromatic heterocycles. The Bertz CT molecular complexity index is 385. The van der Waals surface area contributed by atoms with Crippen LogP contribution in [0.5, 0.6) is 0 Å². The summed E-state index contributed by atoms with van der Waals surface area (Å²) in [6.45, 7) is 2.13. The summed E-state index contributed by atoms with van der Waals surface area (Å²) in [7, 11) is 0. The van der Waals surface area contributed by atoms with Crippen LogP contribution in [-0.4, -0.2) is 0 Å². The van der Waals surface area contributed by atoms with Gasteiger partial charge in [0.2, 0.25) is 0 Å². The molecule has 0 saturated carbocycles. The minimum absolute atomic E-state index is 0. The molecule has 0 atom stereocenters. The van der Waals surface area contributed by atoms with Gasteiger partial charge in [-0.2, -0.15) is 17.7 Å². The summed E-state index contributed by atoms with van der Waals surface area (Å²) in [4.78, 5) is 0. The summed E-state index contributed by atoms with van der Waals surface area (Å²) in [6, 6.07) is 17.2. The first-order valence-electron chi connectivity index (χ1n) is 4.61. The summed E-state index contributed by atoms with van der Waals surface area (Å²) in [5.74, 6) is 0. The van der Waals surface area contributed by atoms with Gasteiger partial charge in [-0.05, 0) is 13.3 Å². The van der Waals surface area contributed by atoms with E-state index in [2.05, 4.69) is 55.5 Å². The minimum atomic E-state index is 0. The van der Waals surface area contributed by atoms with E-state index < -0.39 is 0 Å². The predicted octanol–water partition coefficient (Wildman–Crippen LogP) is -5.69. The van der Waals surface area contributed by atoms with Gasteiger partial charge < -0.3 is 37.2 Å². The van der Waals surface area contributed by atoms with Gasteiger partial charge in [-0.25, -0.2) is 12.1 Å². The van der Waals surface area contributed by atoms with Crippen LogP contribution in [0.15, 0.2) is 48.5 Å². The van der Waals surface area contributed by atoms with Crippen LogP contribution in [0.2, 0.25) is 0 Å². The van der Waals surface area contributed by atoms with Crippen molar-refractivity contribution in [1.29, 1.82) is 0 Å². The second-order valence-corrected chi connectivity index (χ2v) is 3.46. The Balaban J connectivity index is -0.000000490. The average molecular weight is 323 g/mol. The molecule has 0 fully saturated rings. The van der Waals surface area contributed by atoms with Gasteiger partial charge >= 0.3 is 21.7 Å². The zero-order valence-electron chi connectivity index (χ0n) is 9.46. The second kappa shape index (κ2) is 11.3. The summed E-state index contributed by atoms with van der Waals surface area (Å²) in [5.41, 5.74) is 4.13. The molecule has 0 heterocycles. The molecule has 0 aliphatic carbocycles. The van der Waals surface area contributed by atoms with Crippen molar-refractivity contribution < 1.29 is 58.9 Å². The van der Waals surface area contributed by atoms with Crippen molar-refractivity contribution in [3.63, 3.8) is 0 Å². The van der Waals surface area contributed by atoms with Gasteiger partial charge in [0.05, 0.1) is 0 Å². The third-order valence-corrected chi connectivity index (χ3v) is 2.22. The molecule has 2 aromatic rings. The van der Waals surface area contributed by atoms with E-state index in [9.17, 15) is 0 Å². The van der Waals surface area contributed by atoms with Crippen LogP contribution in [0.1, 0.15) is 16.7 Å². The van der Waals surface area contributed by atoms with Crippen LogP contribution >= 0.6 is 0 Å². The Morgan fingerprint density at radius 2 is 1.53 bits per heavy atom. The van der Waals surface area contributed by atoms with E-state index in [0.717, 1.165) is 6.42 Å². The predicted molar refractivity (Wildman–Crippen MR) is 56.0 cm³/mol. The Morgan fingerprint density at radius 3 is 2.06 bits per heavy atom. The number of aryl methyl sites for hydroxylation is 1. The normalized spacial score (nSPS) is 7.82. The molecule has 2 aromatic carbocycles. The number of hydrogen-bond donors (Lipinski definition) is 0. The van der Waals surface area contributed by atoms with Crippen molar-refractivity contribution in [2.24, 2.45) is 0 Å². The SMILES string of the molecule is Cc1cccc(C[c-]2cccc2)c1.[Cl-].[Cl-].[Cl-].[Ti+4]. The molecular weight excluding hydrogens is 310 g/mol. The van der Waals surface area contributed by atoms with Crippen molar-refractivity contribution in [3.8, 4) is 0 Å². The topological polar surface area (TPSA) is 0 Å². The molecule has 0 nitrogen and oxygen atoms in total. The van der Waals surface area contributed by atoms with Crippen molar-refractivity contribution in [1.82, 2.24) is 0 Å². The molecule has 0 aliphatic heterocycles. The molecular formula is C13H13Cl3Ti. The van der Waals surface area contributed by atoms with E-state index in [1.807, 2.05) is 0 Å². The quantitative estimate of drug-likeness (QED) is 0.382. The Hall–Kier alpha value is 0.154. The molecule has 4 heteroatoms. The van der Waals surface area contributed by atoms with Crippen molar-refractivity contribution in [2.45, 2.75) is 13.3 Å². The zero-order chi connectivity index (χ0) is 9.10. The first-order valence-corrected chi connectivity index (χ1v) is 4.61. The molecule has 0 amide bonds. The Morgan fingerprint density at radius 1 is 0.941 bits per heavy atom. The molecule has 0 saturated heterocycles. The zero-order valence-corrected chi connectivity index (χ0v) is 13.3. The third-order valence-electron chi connectivity index (χ3n) is 2.22. The standard InChI is InChI=1S/C13H13.3ClH.Ti/c1-11-5-4-8-13(9-11)10-12-6-2-3-7-12;;;;/h2-9H,10H2,1H3;3*1H;/q-1;;;;+4/p-3. The molecule has 0 N–H and O–H groups in total. The van der Waals surface area contributed by atoms with Gasteiger partial charge in [-0.15, -0.1) is 0 Å². The van der Waals surface area contributed by atoms with Crippen LogP contribution < -0.4 is 37.2 Å². The molecule has 0 bridgehead atoms. The largest absolute Gasteiger partial charge is 4.00 e. The summed E-state index contributed by atoms with van der Waals surface area (Å²) < 4.78 is 0. The number of rotatable bonds is 2. The summed E-state index contributed by atoms with van der Waals surface area (Å²) in [6.07, 6.45) is 1.05. The van der Waals surface area contributed by atoms with Crippen LogP contribution in [0, 0.1) is 6.92 Å². The van der Waals surface area contributed by atoms with E-state index in [1.165, 1.54) is 16.7 Å². The van der Waals surface area contributed by atoms with Crippen molar-refractivity contribution in [2.75, 3.05) is 0 Å². The third kappa shape index (κ3) is 7.23. The van der Waals surface area contributed by atoms with E-state index >= 15 is 0 Å². The minimum Gasteiger partial charge on any atom is -1.00 e. The molecule has 90 valence electrons. The van der Waals surface area contributed by atoms with Gasteiger partial charge in [0, 0.05) is 0 Å². The van der Waals surface area contributed by atoms with E-state index in [-0.39, 0.29) is 58.9 Å². The maximum absolute atomic E-state index is 2.24.